The number of pyridine rings is 1. The number of aryl methyl sites for hydroxylation is 1. The van der Waals surface area contributed by atoms with Gasteiger partial charge in [0.1, 0.15) is 10.7 Å². The van der Waals surface area contributed by atoms with Gasteiger partial charge in [0.25, 0.3) is 0 Å². The fourth-order valence-corrected chi connectivity index (χ4v) is 2.84. The van der Waals surface area contributed by atoms with Gasteiger partial charge in [-0.15, -0.1) is 0 Å². The minimum Gasteiger partial charge on any atom is -0.497 e. The number of nitrogens with zero attached hydrogens (tertiary/aromatic N) is 2. The van der Waals surface area contributed by atoms with E-state index in [1.807, 2.05) is 36.4 Å². The third kappa shape index (κ3) is 4.21. The van der Waals surface area contributed by atoms with Crippen LogP contribution in [0.1, 0.15) is 34.6 Å². The molecule has 0 saturated heterocycles. The highest BCUT2D eigenvalue weighted by atomic mass is 16.6. The Kier molecular flexibility index (Phi) is 5.54. The van der Waals surface area contributed by atoms with E-state index >= 15 is 0 Å². The standard InChI is InChI=1S/C21H18N2O6/c1-12(14-4-5-16-11-17(28-3)7-6-15(16)10-14)21(25)29-19-9-8-18(22-13(19)2)20(24)23(26)27/h4-12H,1-3H3/t12-/m0/s1. The van der Waals surface area contributed by atoms with E-state index in [-0.39, 0.29) is 17.1 Å². The van der Waals surface area contributed by atoms with Gasteiger partial charge in [0.05, 0.1) is 18.7 Å². The maximum atomic E-state index is 12.6. The third-order valence-electron chi connectivity index (χ3n) is 4.56. The number of esters is 1. The Labute approximate surface area is 166 Å². The van der Waals surface area contributed by atoms with Gasteiger partial charge >= 0.3 is 11.9 Å². The Morgan fingerprint density at radius 1 is 1.07 bits per heavy atom. The van der Waals surface area contributed by atoms with Gasteiger partial charge < -0.3 is 9.47 Å². The first-order chi connectivity index (χ1) is 13.8. The number of aromatic nitrogens is 1. The third-order valence-corrected chi connectivity index (χ3v) is 4.56. The van der Waals surface area contributed by atoms with E-state index < -0.39 is 22.7 Å². The summed E-state index contributed by atoms with van der Waals surface area (Å²) in [7, 11) is 1.60. The fraction of sp³-hybridized carbons (Fsp3) is 0.190. The van der Waals surface area contributed by atoms with Crippen LogP contribution in [-0.4, -0.2) is 28.9 Å². The summed E-state index contributed by atoms with van der Waals surface area (Å²) < 4.78 is 10.6. The Morgan fingerprint density at radius 2 is 1.76 bits per heavy atom. The van der Waals surface area contributed by atoms with E-state index in [0.717, 1.165) is 28.2 Å². The summed E-state index contributed by atoms with van der Waals surface area (Å²) in [6.45, 7) is 3.23. The van der Waals surface area contributed by atoms with Crippen LogP contribution in [0.4, 0.5) is 0 Å². The molecule has 0 bridgehead atoms. The van der Waals surface area contributed by atoms with Gasteiger partial charge in [0, 0.05) is 0 Å². The van der Waals surface area contributed by atoms with E-state index in [2.05, 4.69) is 4.98 Å². The van der Waals surface area contributed by atoms with Crippen molar-refractivity contribution in [2.24, 2.45) is 0 Å². The molecule has 8 heteroatoms. The average Bonchev–Trinajstić information content (AvgIpc) is 2.73. The molecule has 0 unspecified atom stereocenters. The smallest absolute Gasteiger partial charge is 0.494 e. The normalized spacial score (nSPS) is 11.7. The first kappa shape index (κ1) is 19.9. The molecule has 0 radical (unpaired) electrons. The van der Waals surface area contributed by atoms with Crippen LogP contribution in [0.2, 0.25) is 0 Å². The molecule has 0 aliphatic rings. The molecule has 0 spiro atoms. The Morgan fingerprint density at radius 3 is 2.41 bits per heavy atom. The van der Waals surface area contributed by atoms with Crippen molar-refractivity contribution in [3.05, 3.63) is 75.6 Å². The van der Waals surface area contributed by atoms with Crippen LogP contribution in [0.3, 0.4) is 0 Å². The number of methoxy groups -OCH3 is 1. The molecule has 1 atom stereocenters. The number of ether oxygens (including phenoxy) is 2. The van der Waals surface area contributed by atoms with Crippen molar-refractivity contribution in [3.8, 4) is 11.5 Å². The predicted molar refractivity (Wildman–Crippen MR) is 105 cm³/mol. The van der Waals surface area contributed by atoms with Crippen LogP contribution in [0.15, 0.2) is 48.5 Å². The molecule has 0 aliphatic carbocycles. The molecule has 0 saturated carbocycles. The highest BCUT2D eigenvalue weighted by Gasteiger charge is 2.23. The lowest BCUT2D eigenvalue weighted by Gasteiger charge is -2.14. The van der Waals surface area contributed by atoms with E-state index in [9.17, 15) is 19.7 Å². The first-order valence-electron chi connectivity index (χ1n) is 8.76. The van der Waals surface area contributed by atoms with Crippen LogP contribution in [0.5, 0.6) is 11.5 Å². The number of amides is 1. The topological polar surface area (TPSA) is 109 Å². The van der Waals surface area contributed by atoms with Gasteiger partial charge in [-0.3, -0.25) is 14.9 Å². The molecular weight excluding hydrogens is 376 g/mol. The molecule has 0 fully saturated rings. The molecule has 1 heterocycles. The largest absolute Gasteiger partial charge is 0.497 e. The van der Waals surface area contributed by atoms with Crippen molar-refractivity contribution in [2.75, 3.05) is 7.11 Å². The monoisotopic (exact) mass is 394 g/mol. The zero-order valence-electron chi connectivity index (χ0n) is 16.0. The molecule has 1 aromatic heterocycles. The van der Waals surface area contributed by atoms with Crippen molar-refractivity contribution in [1.29, 1.82) is 0 Å². The number of hydrogen-bond acceptors (Lipinski definition) is 7. The van der Waals surface area contributed by atoms with E-state index in [0.29, 0.717) is 0 Å². The summed E-state index contributed by atoms with van der Waals surface area (Å²) in [5.41, 5.74) is 0.674. The summed E-state index contributed by atoms with van der Waals surface area (Å²) >= 11 is 0. The Balaban J connectivity index is 1.79. The molecule has 3 aromatic rings. The Hall–Kier alpha value is -3.81. The van der Waals surface area contributed by atoms with Crippen LogP contribution in [-0.2, 0) is 4.79 Å². The lowest BCUT2D eigenvalue weighted by molar-refractivity contribution is -0.375. The van der Waals surface area contributed by atoms with E-state index in [4.69, 9.17) is 9.47 Å². The minimum atomic E-state index is -1.31. The number of fused-ring (bicyclic) bond motifs is 1. The van der Waals surface area contributed by atoms with Gasteiger partial charge in [-0.05, 0) is 54.4 Å². The molecule has 29 heavy (non-hydrogen) atoms. The lowest BCUT2D eigenvalue weighted by atomic mass is 9.98. The zero-order chi connectivity index (χ0) is 21.1. The van der Waals surface area contributed by atoms with Crippen LogP contribution < -0.4 is 9.47 Å². The first-order valence-corrected chi connectivity index (χ1v) is 8.76. The fourth-order valence-electron chi connectivity index (χ4n) is 2.84. The summed E-state index contributed by atoms with van der Waals surface area (Å²) in [5, 5.41) is 12.5. The summed E-state index contributed by atoms with van der Waals surface area (Å²) in [6, 6.07) is 13.8. The van der Waals surface area contributed by atoms with Gasteiger partial charge in [-0.2, -0.15) is 0 Å². The molecule has 1 amide bonds. The Bertz CT molecular complexity index is 1130. The highest BCUT2D eigenvalue weighted by Crippen LogP contribution is 2.27. The molecular formula is C21H18N2O6. The predicted octanol–water partition coefficient (Wildman–Crippen LogP) is 3.68. The van der Waals surface area contributed by atoms with Gasteiger partial charge in [0.15, 0.2) is 11.4 Å². The summed E-state index contributed by atoms with van der Waals surface area (Å²) in [5.74, 6) is -1.48. The second-order valence-electron chi connectivity index (χ2n) is 6.46. The summed E-state index contributed by atoms with van der Waals surface area (Å²) in [6.07, 6.45) is 0. The van der Waals surface area contributed by atoms with Crippen molar-refractivity contribution in [3.63, 3.8) is 0 Å². The lowest BCUT2D eigenvalue weighted by Crippen LogP contribution is -2.18. The molecule has 0 N–H and O–H groups in total. The van der Waals surface area contributed by atoms with E-state index in [1.54, 1.807) is 14.0 Å². The number of hydrogen-bond donors (Lipinski definition) is 0. The van der Waals surface area contributed by atoms with Gasteiger partial charge in [-0.1, -0.05) is 24.3 Å². The van der Waals surface area contributed by atoms with E-state index in [1.165, 1.54) is 13.0 Å². The van der Waals surface area contributed by atoms with Crippen LogP contribution >= 0.6 is 0 Å². The van der Waals surface area contributed by atoms with Crippen LogP contribution in [0, 0.1) is 17.0 Å². The zero-order valence-corrected chi connectivity index (χ0v) is 16.0. The van der Waals surface area contributed by atoms with Crippen molar-refractivity contribution in [1.82, 2.24) is 4.98 Å². The maximum absolute atomic E-state index is 12.6. The molecule has 0 aliphatic heterocycles. The van der Waals surface area contributed by atoms with Crippen molar-refractivity contribution >= 4 is 22.6 Å². The van der Waals surface area contributed by atoms with Gasteiger partial charge in [-0.25, -0.2) is 9.78 Å². The molecule has 3 rings (SSSR count). The van der Waals surface area contributed by atoms with Crippen molar-refractivity contribution < 1.29 is 24.0 Å². The molecule has 2 aromatic carbocycles. The highest BCUT2D eigenvalue weighted by molar-refractivity contribution is 5.88. The second-order valence-corrected chi connectivity index (χ2v) is 6.46. The van der Waals surface area contributed by atoms with Crippen molar-refractivity contribution in [2.45, 2.75) is 19.8 Å². The van der Waals surface area contributed by atoms with Gasteiger partial charge in [0.2, 0.25) is 0 Å². The molecule has 148 valence electrons. The number of nitro groups is 1. The molecule has 8 nitrogen and oxygen atoms in total. The number of carbonyl (C=O) groups is 2. The average molecular weight is 394 g/mol. The maximum Gasteiger partial charge on any atom is 0.494 e. The number of rotatable bonds is 5. The summed E-state index contributed by atoms with van der Waals surface area (Å²) in [4.78, 5) is 37.4. The quantitative estimate of drug-likeness (QED) is 0.369. The van der Waals surface area contributed by atoms with Crippen LogP contribution in [0.25, 0.3) is 10.8 Å². The second kappa shape index (κ2) is 8.05. The SMILES string of the molecule is COc1ccc2cc([C@H](C)C(=O)Oc3ccc(C(=O)[N+](=O)[O-])nc3C)ccc2c1. The number of carbonyl (C=O) groups excluding carboxylic acids is 2. The number of benzene rings is 2. The minimum absolute atomic E-state index is 0.146.